The van der Waals surface area contributed by atoms with E-state index < -0.39 is 18.6 Å². The Bertz CT molecular complexity index is 343. The van der Waals surface area contributed by atoms with Crippen LogP contribution in [-0.4, -0.2) is 67.2 Å². The van der Waals surface area contributed by atoms with Crippen molar-refractivity contribution in [2.24, 2.45) is 0 Å². The van der Waals surface area contributed by atoms with Crippen LogP contribution in [0.25, 0.3) is 0 Å². The van der Waals surface area contributed by atoms with Gasteiger partial charge in [0.15, 0.2) is 0 Å². The third kappa shape index (κ3) is 5.82. The second-order valence-corrected chi connectivity index (χ2v) is 6.02. The van der Waals surface area contributed by atoms with Crippen LogP contribution in [0.5, 0.6) is 0 Å². The fourth-order valence-corrected chi connectivity index (χ4v) is 3.21. The van der Waals surface area contributed by atoms with Gasteiger partial charge in [-0.05, 0) is 45.3 Å². The number of carbonyl (C=O) groups is 1. The van der Waals surface area contributed by atoms with Gasteiger partial charge in [-0.1, -0.05) is 6.42 Å². The van der Waals surface area contributed by atoms with Crippen molar-refractivity contribution in [3.05, 3.63) is 0 Å². The molecule has 2 saturated heterocycles. The van der Waals surface area contributed by atoms with E-state index in [9.17, 15) is 18.0 Å². The van der Waals surface area contributed by atoms with E-state index >= 15 is 0 Å². The maximum Gasteiger partial charge on any atom is 0.405 e. The number of carbonyl (C=O) groups excluding carboxylic acids is 1. The predicted molar refractivity (Wildman–Crippen MR) is 74.0 cm³/mol. The highest BCUT2D eigenvalue weighted by Gasteiger charge is 2.30. The number of hydrogen-bond donors (Lipinski definition) is 1. The van der Waals surface area contributed by atoms with Gasteiger partial charge >= 0.3 is 6.18 Å². The Morgan fingerprint density at radius 1 is 1.10 bits per heavy atom. The van der Waals surface area contributed by atoms with Gasteiger partial charge in [-0.25, -0.2) is 0 Å². The Kier molecular flexibility index (Phi) is 5.87. The number of alkyl halides is 3. The summed E-state index contributed by atoms with van der Waals surface area (Å²) >= 11 is 0. The number of hydrogen-bond acceptors (Lipinski definition) is 3. The molecule has 1 amide bonds. The fraction of sp³-hybridized carbons (Fsp3) is 0.929. The number of rotatable bonds is 4. The van der Waals surface area contributed by atoms with Gasteiger partial charge in [-0.2, -0.15) is 13.2 Å². The lowest BCUT2D eigenvalue weighted by molar-refractivity contribution is -0.139. The van der Waals surface area contributed by atoms with E-state index in [0.717, 1.165) is 39.0 Å². The third-order valence-electron chi connectivity index (χ3n) is 4.24. The summed E-state index contributed by atoms with van der Waals surface area (Å²) in [6.45, 7) is 2.64. The second kappa shape index (κ2) is 7.45. The van der Waals surface area contributed by atoms with Crippen molar-refractivity contribution >= 4 is 5.91 Å². The molecule has 0 aliphatic carbocycles. The zero-order valence-electron chi connectivity index (χ0n) is 12.3. The highest BCUT2D eigenvalue weighted by molar-refractivity contribution is 5.78. The van der Waals surface area contributed by atoms with Crippen LogP contribution in [0.1, 0.15) is 32.1 Å². The SMILES string of the molecule is O=C(CN1CCCC(N2CCCCC2)C1)NCC(F)(F)F. The summed E-state index contributed by atoms with van der Waals surface area (Å²) in [5.41, 5.74) is 0. The van der Waals surface area contributed by atoms with E-state index in [0.29, 0.717) is 6.04 Å². The molecule has 21 heavy (non-hydrogen) atoms. The Balaban J connectivity index is 1.74. The minimum absolute atomic E-state index is 0.0699. The van der Waals surface area contributed by atoms with Gasteiger partial charge < -0.3 is 5.32 Å². The molecule has 0 aromatic carbocycles. The third-order valence-corrected chi connectivity index (χ3v) is 4.24. The van der Waals surface area contributed by atoms with Crippen LogP contribution in [0.15, 0.2) is 0 Å². The Morgan fingerprint density at radius 2 is 1.81 bits per heavy atom. The summed E-state index contributed by atoms with van der Waals surface area (Å²) in [5.74, 6) is -0.536. The van der Waals surface area contributed by atoms with Crippen LogP contribution in [0.4, 0.5) is 13.2 Å². The summed E-state index contributed by atoms with van der Waals surface area (Å²) in [7, 11) is 0. The van der Waals surface area contributed by atoms with E-state index in [1.54, 1.807) is 0 Å². The van der Waals surface area contributed by atoms with Crippen LogP contribution >= 0.6 is 0 Å². The number of likely N-dealkylation sites (tertiary alicyclic amines) is 2. The summed E-state index contributed by atoms with van der Waals surface area (Å²) in [4.78, 5) is 16.0. The molecule has 2 heterocycles. The van der Waals surface area contributed by atoms with Crippen molar-refractivity contribution < 1.29 is 18.0 Å². The molecule has 122 valence electrons. The van der Waals surface area contributed by atoms with Gasteiger partial charge in [-0.15, -0.1) is 0 Å². The van der Waals surface area contributed by atoms with Gasteiger partial charge in [0.1, 0.15) is 6.54 Å². The zero-order valence-corrected chi connectivity index (χ0v) is 12.3. The van der Waals surface area contributed by atoms with Crippen molar-refractivity contribution in [2.45, 2.75) is 44.3 Å². The largest absolute Gasteiger partial charge is 0.405 e. The van der Waals surface area contributed by atoms with Crippen LogP contribution in [0.2, 0.25) is 0 Å². The Labute approximate surface area is 123 Å². The van der Waals surface area contributed by atoms with Crippen molar-refractivity contribution in [3.8, 4) is 0 Å². The van der Waals surface area contributed by atoms with Gasteiger partial charge in [0.25, 0.3) is 0 Å². The number of amides is 1. The molecule has 2 fully saturated rings. The van der Waals surface area contributed by atoms with Crippen molar-refractivity contribution in [2.75, 3.05) is 39.3 Å². The molecule has 0 aromatic heterocycles. The first-order chi connectivity index (χ1) is 9.94. The lowest BCUT2D eigenvalue weighted by atomic mass is 10.0. The molecule has 2 aliphatic rings. The number of nitrogens with zero attached hydrogens (tertiary/aromatic N) is 2. The highest BCUT2D eigenvalue weighted by atomic mass is 19.4. The molecule has 1 atom stereocenters. The fourth-order valence-electron chi connectivity index (χ4n) is 3.21. The molecule has 7 heteroatoms. The molecule has 1 N–H and O–H groups in total. The lowest BCUT2D eigenvalue weighted by Gasteiger charge is -2.40. The summed E-state index contributed by atoms with van der Waals surface area (Å²) in [5, 5.41) is 1.95. The smallest absolute Gasteiger partial charge is 0.346 e. The van der Waals surface area contributed by atoms with Crippen molar-refractivity contribution in [1.82, 2.24) is 15.1 Å². The maximum absolute atomic E-state index is 12.1. The van der Waals surface area contributed by atoms with Crippen LogP contribution in [-0.2, 0) is 4.79 Å². The highest BCUT2D eigenvalue weighted by Crippen LogP contribution is 2.20. The molecule has 4 nitrogen and oxygen atoms in total. The van der Waals surface area contributed by atoms with Crippen LogP contribution in [0, 0.1) is 0 Å². The van der Waals surface area contributed by atoms with E-state index in [4.69, 9.17) is 0 Å². The maximum atomic E-state index is 12.1. The van der Waals surface area contributed by atoms with Gasteiger partial charge in [0.05, 0.1) is 6.54 Å². The standard InChI is InChI=1S/C14H24F3N3O/c15-14(16,17)11-18-13(21)10-19-6-4-5-12(9-19)20-7-2-1-3-8-20/h12H,1-11H2,(H,18,21). The molecular formula is C14H24F3N3O. The van der Waals surface area contributed by atoms with E-state index in [-0.39, 0.29) is 6.54 Å². The Morgan fingerprint density at radius 3 is 2.48 bits per heavy atom. The first-order valence-electron chi connectivity index (χ1n) is 7.74. The second-order valence-electron chi connectivity index (χ2n) is 6.02. The summed E-state index contributed by atoms with van der Waals surface area (Å²) < 4.78 is 36.2. The normalized spacial score (nSPS) is 25.8. The lowest BCUT2D eigenvalue weighted by Crippen LogP contribution is -2.51. The molecule has 0 spiro atoms. The molecule has 2 aliphatic heterocycles. The average molecular weight is 307 g/mol. The van der Waals surface area contributed by atoms with Gasteiger partial charge in [0, 0.05) is 12.6 Å². The monoisotopic (exact) mass is 307 g/mol. The van der Waals surface area contributed by atoms with Crippen LogP contribution in [0.3, 0.4) is 0 Å². The van der Waals surface area contributed by atoms with Crippen molar-refractivity contribution in [3.63, 3.8) is 0 Å². The van der Waals surface area contributed by atoms with E-state index in [1.165, 1.54) is 19.3 Å². The predicted octanol–water partition coefficient (Wildman–Crippen LogP) is 1.62. The molecular weight excluding hydrogens is 283 g/mol. The zero-order chi connectivity index (χ0) is 15.3. The summed E-state index contributed by atoms with van der Waals surface area (Å²) in [6, 6.07) is 0.453. The number of piperidine rings is 2. The molecule has 1 unspecified atom stereocenters. The molecule has 2 rings (SSSR count). The minimum Gasteiger partial charge on any atom is -0.346 e. The van der Waals surface area contributed by atoms with E-state index in [1.807, 2.05) is 10.2 Å². The molecule has 0 saturated carbocycles. The van der Waals surface area contributed by atoms with Gasteiger partial charge in [0.2, 0.25) is 5.91 Å². The van der Waals surface area contributed by atoms with Crippen molar-refractivity contribution in [1.29, 1.82) is 0 Å². The molecule has 0 radical (unpaired) electrons. The molecule has 0 bridgehead atoms. The first kappa shape index (κ1) is 16.5. The van der Waals surface area contributed by atoms with Crippen LogP contribution < -0.4 is 5.32 Å². The quantitative estimate of drug-likeness (QED) is 0.857. The number of nitrogens with one attached hydrogen (secondary N) is 1. The topological polar surface area (TPSA) is 35.6 Å². The summed E-state index contributed by atoms with van der Waals surface area (Å²) in [6.07, 6.45) is 1.53. The first-order valence-corrected chi connectivity index (χ1v) is 7.74. The average Bonchev–Trinajstić information content (AvgIpc) is 2.46. The van der Waals surface area contributed by atoms with Gasteiger partial charge in [-0.3, -0.25) is 14.6 Å². The minimum atomic E-state index is -4.34. The van der Waals surface area contributed by atoms with E-state index in [2.05, 4.69) is 4.90 Å². The molecule has 0 aromatic rings. The number of halogens is 3. The Hall–Kier alpha value is -0.820.